The van der Waals surface area contributed by atoms with E-state index in [1.54, 1.807) is 17.7 Å². The number of hydrogen-bond donors (Lipinski definition) is 0. The monoisotopic (exact) mass is 388 g/mol. The average Bonchev–Trinajstić information content (AvgIpc) is 3.12. The molecule has 0 saturated heterocycles. The maximum absolute atomic E-state index is 12.9. The van der Waals surface area contributed by atoms with Crippen LogP contribution in [0.25, 0.3) is 10.9 Å². The minimum Gasteiger partial charge on any atom is -0.385 e. The molecule has 144 valence electrons. The molecule has 2 aromatic heterocycles. The molecule has 0 fully saturated rings. The van der Waals surface area contributed by atoms with Gasteiger partial charge in [0.05, 0.1) is 16.7 Å². The zero-order valence-electron chi connectivity index (χ0n) is 16.1. The molecule has 3 aromatic rings. The lowest BCUT2D eigenvalue weighted by atomic mass is 9.97. The summed E-state index contributed by atoms with van der Waals surface area (Å²) in [5.74, 6) is 1.67. The van der Waals surface area contributed by atoms with Gasteiger partial charge in [0, 0.05) is 25.7 Å². The molecule has 7 nitrogen and oxygen atoms in total. The molecule has 3 rings (SSSR count). The van der Waals surface area contributed by atoms with Crippen LogP contribution in [0.5, 0.6) is 0 Å². The summed E-state index contributed by atoms with van der Waals surface area (Å²) in [6.45, 7) is 7.21. The van der Waals surface area contributed by atoms with Crippen LogP contribution >= 0.6 is 11.8 Å². The summed E-state index contributed by atoms with van der Waals surface area (Å²) in [7, 11) is 1.65. The Labute approximate surface area is 162 Å². The van der Waals surface area contributed by atoms with Crippen LogP contribution in [0, 0.1) is 0 Å². The Morgan fingerprint density at radius 3 is 2.70 bits per heavy atom. The van der Waals surface area contributed by atoms with Crippen LogP contribution in [0.3, 0.4) is 0 Å². The number of thioether (sulfide) groups is 1. The van der Waals surface area contributed by atoms with Gasteiger partial charge in [-0.05, 0) is 18.6 Å². The molecule has 0 unspecified atom stereocenters. The first kappa shape index (κ1) is 19.6. The highest BCUT2D eigenvalue weighted by Crippen LogP contribution is 2.24. The number of hydrogen-bond acceptors (Lipinski definition) is 7. The minimum atomic E-state index is -0.195. The standard InChI is InChI=1S/C19H24N4O3S/c1-19(2,3)17-21-15(22-26-17)12-27-18-20-14-9-6-5-8-13(14)16(24)23(18)10-7-11-25-4/h5-6,8-9H,7,10-12H2,1-4H3. The Hall–Kier alpha value is -2.19. The van der Waals surface area contributed by atoms with Crippen molar-refractivity contribution < 1.29 is 9.26 Å². The number of rotatable bonds is 7. The topological polar surface area (TPSA) is 83.0 Å². The van der Waals surface area contributed by atoms with Crippen LogP contribution in [0.4, 0.5) is 0 Å². The summed E-state index contributed by atoms with van der Waals surface area (Å²) in [6, 6.07) is 7.39. The maximum atomic E-state index is 12.9. The van der Waals surface area contributed by atoms with Crippen LogP contribution in [0.1, 0.15) is 38.9 Å². The molecule has 0 aliphatic heterocycles. The number of benzene rings is 1. The van der Waals surface area contributed by atoms with Crippen molar-refractivity contribution >= 4 is 22.7 Å². The molecule has 0 atom stereocenters. The molecule has 0 aliphatic carbocycles. The highest BCUT2D eigenvalue weighted by atomic mass is 32.2. The largest absolute Gasteiger partial charge is 0.385 e. The Morgan fingerprint density at radius 1 is 1.22 bits per heavy atom. The third kappa shape index (κ3) is 4.56. The molecule has 0 spiro atoms. The van der Waals surface area contributed by atoms with Crippen molar-refractivity contribution in [3.63, 3.8) is 0 Å². The average molecular weight is 388 g/mol. The molecule has 2 heterocycles. The molecule has 8 heteroatoms. The van der Waals surface area contributed by atoms with Gasteiger partial charge >= 0.3 is 0 Å². The fraction of sp³-hybridized carbons (Fsp3) is 0.474. The molecule has 27 heavy (non-hydrogen) atoms. The first-order valence-electron chi connectivity index (χ1n) is 8.84. The van der Waals surface area contributed by atoms with Gasteiger partial charge in [0.2, 0.25) is 5.89 Å². The van der Waals surface area contributed by atoms with Gasteiger partial charge in [0.15, 0.2) is 11.0 Å². The lowest BCUT2D eigenvalue weighted by molar-refractivity contribution is 0.189. The lowest BCUT2D eigenvalue weighted by Gasteiger charge is -2.12. The van der Waals surface area contributed by atoms with Crippen molar-refractivity contribution in [2.75, 3.05) is 13.7 Å². The fourth-order valence-corrected chi connectivity index (χ4v) is 3.44. The number of fused-ring (bicyclic) bond motifs is 1. The smallest absolute Gasteiger partial charge is 0.262 e. The summed E-state index contributed by atoms with van der Waals surface area (Å²) >= 11 is 1.44. The Balaban J connectivity index is 1.88. The first-order chi connectivity index (χ1) is 12.9. The molecule has 0 saturated carbocycles. The molecule has 0 radical (unpaired) electrons. The highest BCUT2D eigenvalue weighted by Gasteiger charge is 2.22. The van der Waals surface area contributed by atoms with Gasteiger partial charge in [-0.1, -0.05) is 49.8 Å². The number of methoxy groups -OCH3 is 1. The van der Waals surface area contributed by atoms with Crippen LogP contribution < -0.4 is 5.56 Å². The highest BCUT2D eigenvalue weighted by molar-refractivity contribution is 7.98. The van der Waals surface area contributed by atoms with E-state index in [9.17, 15) is 4.79 Å². The normalized spacial score (nSPS) is 12.0. The van der Waals surface area contributed by atoms with Gasteiger partial charge < -0.3 is 9.26 Å². The van der Waals surface area contributed by atoms with E-state index in [0.29, 0.717) is 46.7 Å². The van der Waals surface area contributed by atoms with Crippen molar-refractivity contribution in [3.8, 4) is 0 Å². The van der Waals surface area contributed by atoms with E-state index in [-0.39, 0.29) is 11.0 Å². The number of nitrogens with zero attached hydrogens (tertiary/aromatic N) is 4. The molecule has 0 amide bonds. The number of para-hydroxylation sites is 1. The van der Waals surface area contributed by atoms with Gasteiger partial charge in [-0.2, -0.15) is 4.98 Å². The van der Waals surface area contributed by atoms with E-state index in [0.717, 1.165) is 6.42 Å². The molecule has 0 bridgehead atoms. The van der Waals surface area contributed by atoms with Crippen LogP contribution in [-0.4, -0.2) is 33.4 Å². The van der Waals surface area contributed by atoms with E-state index in [4.69, 9.17) is 9.26 Å². The summed E-state index contributed by atoms with van der Waals surface area (Å²) in [5, 5.41) is 5.31. The van der Waals surface area contributed by atoms with E-state index in [1.807, 2.05) is 39.0 Å². The van der Waals surface area contributed by atoms with E-state index >= 15 is 0 Å². The quantitative estimate of drug-likeness (QED) is 0.348. The minimum absolute atomic E-state index is 0.0392. The molecular formula is C19H24N4O3S. The maximum Gasteiger partial charge on any atom is 0.262 e. The number of ether oxygens (including phenoxy) is 1. The SMILES string of the molecule is COCCCn1c(SCc2noc(C(C)(C)C)n2)nc2ccccc2c1=O. The third-order valence-corrected chi connectivity index (χ3v) is 4.97. The fourth-order valence-electron chi connectivity index (χ4n) is 2.57. The second kappa shape index (κ2) is 8.22. The van der Waals surface area contributed by atoms with Gasteiger partial charge in [0.1, 0.15) is 0 Å². The molecule has 0 N–H and O–H groups in total. The Bertz CT molecular complexity index is 975. The van der Waals surface area contributed by atoms with E-state index in [2.05, 4.69) is 15.1 Å². The van der Waals surface area contributed by atoms with Crippen molar-refractivity contribution in [2.24, 2.45) is 0 Å². The van der Waals surface area contributed by atoms with Crippen molar-refractivity contribution in [2.45, 2.75) is 50.1 Å². The second-order valence-electron chi connectivity index (χ2n) is 7.27. The lowest BCUT2D eigenvalue weighted by Crippen LogP contribution is -2.24. The summed E-state index contributed by atoms with van der Waals surface area (Å²) < 4.78 is 12.2. The predicted molar refractivity (Wildman–Crippen MR) is 105 cm³/mol. The second-order valence-corrected chi connectivity index (χ2v) is 8.21. The molecule has 1 aromatic carbocycles. The van der Waals surface area contributed by atoms with Crippen LogP contribution in [0.15, 0.2) is 38.7 Å². The summed E-state index contributed by atoms with van der Waals surface area (Å²) in [6.07, 6.45) is 0.736. The van der Waals surface area contributed by atoms with Crippen LogP contribution in [0.2, 0.25) is 0 Å². The van der Waals surface area contributed by atoms with Crippen molar-refractivity contribution in [3.05, 3.63) is 46.3 Å². The summed E-state index contributed by atoms with van der Waals surface area (Å²) in [5.41, 5.74) is 0.457. The zero-order chi connectivity index (χ0) is 19.4. The van der Waals surface area contributed by atoms with Crippen molar-refractivity contribution in [1.82, 2.24) is 19.7 Å². The van der Waals surface area contributed by atoms with Crippen molar-refractivity contribution in [1.29, 1.82) is 0 Å². The Kier molecular flexibility index (Phi) is 5.96. The molecular weight excluding hydrogens is 364 g/mol. The Morgan fingerprint density at radius 2 is 2.00 bits per heavy atom. The first-order valence-corrected chi connectivity index (χ1v) is 9.83. The van der Waals surface area contributed by atoms with Gasteiger partial charge in [-0.15, -0.1) is 0 Å². The van der Waals surface area contributed by atoms with Crippen LogP contribution in [-0.2, 0) is 22.4 Å². The van der Waals surface area contributed by atoms with Gasteiger partial charge in [0.25, 0.3) is 5.56 Å². The summed E-state index contributed by atoms with van der Waals surface area (Å²) in [4.78, 5) is 22.0. The van der Waals surface area contributed by atoms with Gasteiger partial charge in [-0.3, -0.25) is 9.36 Å². The van der Waals surface area contributed by atoms with Gasteiger partial charge in [-0.25, -0.2) is 4.98 Å². The zero-order valence-corrected chi connectivity index (χ0v) is 16.9. The number of aromatic nitrogens is 4. The van der Waals surface area contributed by atoms with E-state index < -0.39 is 0 Å². The molecule has 0 aliphatic rings. The van der Waals surface area contributed by atoms with E-state index in [1.165, 1.54) is 11.8 Å². The third-order valence-electron chi connectivity index (χ3n) is 4.00. The predicted octanol–water partition coefficient (Wildman–Crippen LogP) is 3.41.